The molecule has 0 bridgehead atoms. The second kappa shape index (κ2) is 10.1. The fourth-order valence-corrected chi connectivity index (χ4v) is 5.56. The van der Waals surface area contributed by atoms with Gasteiger partial charge >= 0.3 is 6.09 Å². The lowest BCUT2D eigenvalue weighted by atomic mass is 10.1. The fourth-order valence-electron chi connectivity index (χ4n) is 2.98. The van der Waals surface area contributed by atoms with Crippen LogP contribution in [0.2, 0.25) is 0 Å². The summed E-state index contributed by atoms with van der Waals surface area (Å²) in [4.78, 5) is 19.6. The average Bonchev–Trinajstić information content (AvgIpc) is 2.99. The van der Waals surface area contributed by atoms with E-state index in [0.29, 0.717) is 24.6 Å². The van der Waals surface area contributed by atoms with Crippen LogP contribution in [0, 0.1) is 13.8 Å². The maximum atomic E-state index is 12.3. The molecule has 4 N–H and O–H groups in total. The number of nitrogens with one attached hydrogen (secondary N) is 2. The molecule has 28 heavy (non-hydrogen) atoms. The average molecular weight is 432 g/mol. The lowest BCUT2D eigenvalue weighted by molar-refractivity contribution is 0.0963. The van der Waals surface area contributed by atoms with Crippen LogP contribution in [0.4, 0.5) is 4.79 Å². The summed E-state index contributed by atoms with van der Waals surface area (Å²) in [6, 6.07) is 1.80. The SMILES string of the molecule is CCOC(=O)N1CCC(NC(N)=NCCNS(=O)(=O)c2cc(C)sc2C)CC1. The minimum Gasteiger partial charge on any atom is -0.450 e. The summed E-state index contributed by atoms with van der Waals surface area (Å²) in [5, 5.41) is 3.13. The lowest BCUT2D eigenvalue weighted by Gasteiger charge is -2.31. The van der Waals surface area contributed by atoms with E-state index in [1.807, 2.05) is 6.92 Å². The van der Waals surface area contributed by atoms with Crippen LogP contribution in [0.15, 0.2) is 16.0 Å². The number of carbonyl (C=O) groups excluding carboxylic acids is 1. The standard InChI is InChI=1S/C17H29N5O4S2/c1-4-26-17(23)22-9-5-14(6-10-22)21-16(18)19-7-8-20-28(24,25)15-11-12(2)27-13(15)3/h11,14,20H,4-10H2,1-3H3,(H3,18,19,21). The molecule has 0 aliphatic carbocycles. The highest BCUT2D eigenvalue weighted by Crippen LogP contribution is 2.24. The maximum absolute atomic E-state index is 12.3. The van der Waals surface area contributed by atoms with Crippen molar-refractivity contribution in [1.29, 1.82) is 0 Å². The Hall–Kier alpha value is -1.85. The van der Waals surface area contributed by atoms with E-state index in [9.17, 15) is 13.2 Å². The van der Waals surface area contributed by atoms with Crippen molar-refractivity contribution in [2.75, 3.05) is 32.8 Å². The van der Waals surface area contributed by atoms with Crippen LogP contribution in [0.1, 0.15) is 29.5 Å². The molecule has 1 aliphatic rings. The van der Waals surface area contributed by atoms with Gasteiger partial charge in [-0.1, -0.05) is 0 Å². The van der Waals surface area contributed by atoms with Gasteiger partial charge in [-0.3, -0.25) is 4.99 Å². The van der Waals surface area contributed by atoms with E-state index in [2.05, 4.69) is 15.0 Å². The number of aliphatic imine (C=N–C) groups is 1. The summed E-state index contributed by atoms with van der Waals surface area (Å²) < 4.78 is 32.2. The topological polar surface area (TPSA) is 126 Å². The molecule has 2 heterocycles. The number of hydrogen-bond acceptors (Lipinski definition) is 6. The Labute approximate surface area is 170 Å². The Kier molecular flexibility index (Phi) is 8.08. The van der Waals surface area contributed by atoms with Crippen LogP contribution in [0.25, 0.3) is 0 Å². The second-order valence-electron chi connectivity index (χ2n) is 6.55. The number of ether oxygens (including phenoxy) is 1. The van der Waals surface area contributed by atoms with E-state index in [0.717, 1.165) is 22.6 Å². The highest BCUT2D eigenvalue weighted by Gasteiger charge is 2.23. The zero-order chi connectivity index (χ0) is 20.7. The fraction of sp³-hybridized carbons (Fsp3) is 0.647. The van der Waals surface area contributed by atoms with Gasteiger partial charge in [-0.2, -0.15) is 0 Å². The molecule has 0 atom stereocenters. The predicted molar refractivity (Wildman–Crippen MR) is 110 cm³/mol. The van der Waals surface area contributed by atoms with Crippen LogP contribution in [0.5, 0.6) is 0 Å². The lowest BCUT2D eigenvalue weighted by Crippen LogP contribution is -2.48. The molecule has 0 saturated carbocycles. The number of carbonyl (C=O) groups is 1. The van der Waals surface area contributed by atoms with Gasteiger partial charge in [-0.25, -0.2) is 17.9 Å². The zero-order valence-electron chi connectivity index (χ0n) is 16.5. The van der Waals surface area contributed by atoms with E-state index in [1.165, 1.54) is 11.3 Å². The van der Waals surface area contributed by atoms with Gasteiger partial charge in [0.05, 0.1) is 18.0 Å². The highest BCUT2D eigenvalue weighted by atomic mass is 32.2. The number of likely N-dealkylation sites (tertiary alicyclic amines) is 1. The molecule has 1 saturated heterocycles. The second-order valence-corrected chi connectivity index (χ2v) is 9.74. The van der Waals surface area contributed by atoms with Crippen molar-refractivity contribution in [2.45, 2.75) is 44.6 Å². The monoisotopic (exact) mass is 431 g/mol. The van der Waals surface area contributed by atoms with Gasteiger partial charge in [0, 0.05) is 35.4 Å². The summed E-state index contributed by atoms with van der Waals surface area (Å²) >= 11 is 1.46. The molecule has 0 unspecified atom stereocenters. The van der Waals surface area contributed by atoms with Crippen molar-refractivity contribution in [3.63, 3.8) is 0 Å². The minimum absolute atomic E-state index is 0.127. The number of amides is 1. The van der Waals surface area contributed by atoms with Gasteiger partial charge in [0.1, 0.15) is 0 Å². The Balaban J connectivity index is 1.73. The molecule has 9 nitrogen and oxygen atoms in total. The number of guanidine groups is 1. The molecule has 158 valence electrons. The van der Waals surface area contributed by atoms with Gasteiger partial charge in [0.15, 0.2) is 5.96 Å². The van der Waals surface area contributed by atoms with Crippen LogP contribution in [-0.2, 0) is 14.8 Å². The van der Waals surface area contributed by atoms with Gasteiger partial charge < -0.3 is 20.7 Å². The van der Waals surface area contributed by atoms with Gasteiger partial charge in [0.2, 0.25) is 10.0 Å². The summed E-state index contributed by atoms with van der Waals surface area (Å²) in [5.74, 6) is 0.274. The van der Waals surface area contributed by atoms with Crippen molar-refractivity contribution >= 4 is 33.4 Å². The maximum Gasteiger partial charge on any atom is 0.409 e. The normalized spacial score (nSPS) is 16.2. The first-order valence-electron chi connectivity index (χ1n) is 9.27. The summed E-state index contributed by atoms with van der Waals surface area (Å²) in [6.07, 6.45) is 1.21. The largest absolute Gasteiger partial charge is 0.450 e. The Morgan fingerprint density at radius 2 is 2.07 bits per heavy atom. The van der Waals surface area contributed by atoms with Crippen molar-refractivity contribution in [3.05, 3.63) is 15.8 Å². The number of nitrogens with zero attached hydrogens (tertiary/aromatic N) is 2. The van der Waals surface area contributed by atoms with Gasteiger partial charge in [-0.05, 0) is 39.7 Å². The smallest absolute Gasteiger partial charge is 0.409 e. The Morgan fingerprint density at radius 3 is 2.64 bits per heavy atom. The number of piperidine rings is 1. The van der Waals surface area contributed by atoms with Crippen molar-refractivity contribution < 1.29 is 17.9 Å². The molecule has 11 heteroatoms. The van der Waals surface area contributed by atoms with E-state index in [4.69, 9.17) is 10.5 Å². The third kappa shape index (κ3) is 6.35. The van der Waals surface area contributed by atoms with E-state index < -0.39 is 10.0 Å². The van der Waals surface area contributed by atoms with E-state index in [1.54, 1.807) is 24.8 Å². The molecule has 1 amide bonds. The Bertz CT molecular complexity index is 798. The summed E-state index contributed by atoms with van der Waals surface area (Å²) in [6.45, 7) is 7.43. The van der Waals surface area contributed by atoms with Crippen LogP contribution in [-0.4, -0.2) is 64.2 Å². The quantitative estimate of drug-likeness (QED) is 0.338. The van der Waals surface area contributed by atoms with Gasteiger partial charge in [-0.15, -0.1) is 11.3 Å². The van der Waals surface area contributed by atoms with Gasteiger partial charge in [0.25, 0.3) is 0 Å². The number of sulfonamides is 1. The third-order valence-corrected chi connectivity index (χ3v) is 7.03. The van der Waals surface area contributed by atoms with Crippen LogP contribution in [0.3, 0.4) is 0 Å². The van der Waals surface area contributed by atoms with Crippen LogP contribution < -0.4 is 15.8 Å². The molecule has 1 aliphatic heterocycles. The summed E-state index contributed by atoms with van der Waals surface area (Å²) in [5.41, 5.74) is 5.89. The summed E-state index contributed by atoms with van der Waals surface area (Å²) in [7, 11) is -3.53. The van der Waals surface area contributed by atoms with E-state index >= 15 is 0 Å². The number of nitrogens with two attached hydrogens (primary N) is 1. The number of hydrogen-bond donors (Lipinski definition) is 3. The van der Waals surface area contributed by atoms with Crippen molar-refractivity contribution in [1.82, 2.24) is 14.9 Å². The molecule has 2 rings (SSSR count). The van der Waals surface area contributed by atoms with E-state index in [-0.39, 0.29) is 31.2 Å². The molecule has 1 aromatic rings. The predicted octanol–water partition coefficient (Wildman–Crippen LogP) is 1.17. The zero-order valence-corrected chi connectivity index (χ0v) is 18.2. The number of thiophene rings is 1. The Morgan fingerprint density at radius 1 is 1.39 bits per heavy atom. The molecule has 0 aromatic carbocycles. The molecule has 1 fully saturated rings. The minimum atomic E-state index is -3.53. The number of aryl methyl sites for hydroxylation is 2. The molecule has 0 radical (unpaired) electrons. The molecular formula is C17H29N5O4S2. The molecule has 0 spiro atoms. The first-order valence-corrected chi connectivity index (χ1v) is 11.6. The number of rotatable bonds is 7. The van der Waals surface area contributed by atoms with Crippen molar-refractivity contribution in [3.8, 4) is 0 Å². The molecular weight excluding hydrogens is 402 g/mol. The first kappa shape index (κ1) is 22.4. The molecule has 1 aromatic heterocycles. The van der Waals surface area contributed by atoms with Crippen molar-refractivity contribution in [2.24, 2.45) is 10.7 Å². The van der Waals surface area contributed by atoms with Crippen LogP contribution >= 0.6 is 11.3 Å². The third-order valence-electron chi connectivity index (χ3n) is 4.34. The first-order chi connectivity index (χ1) is 13.2. The highest BCUT2D eigenvalue weighted by molar-refractivity contribution is 7.89.